The van der Waals surface area contributed by atoms with Crippen molar-refractivity contribution in [2.24, 2.45) is 5.73 Å². The van der Waals surface area contributed by atoms with Crippen molar-refractivity contribution in [3.8, 4) is 0 Å². The summed E-state index contributed by atoms with van der Waals surface area (Å²) >= 11 is 0. The van der Waals surface area contributed by atoms with E-state index in [1.165, 1.54) is 4.90 Å². The molecule has 3 N–H and O–H groups in total. The van der Waals surface area contributed by atoms with Gasteiger partial charge in [-0.15, -0.1) is 0 Å². The van der Waals surface area contributed by atoms with Gasteiger partial charge in [-0.05, 0) is 6.92 Å². The Balaban J connectivity index is 3.49. The minimum atomic E-state index is -0.477. The molecular formula is C11H24N2O5. The van der Waals surface area contributed by atoms with E-state index in [-0.39, 0.29) is 6.61 Å². The summed E-state index contributed by atoms with van der Waals surface area (Å²) in [6.45, 7) is 5.45. The summed E-state index contributed by atoms with van der Waals surface area (Å²) in [5.41, 5.74) is 5.22. The third-order valence-electron chi connectivity index (χ3n) is 2.13. The summed E-state index contributed by atoms with van der Waals surface area (Å²) in [7, 11) is 0. The summed E-state index contributed by atoms with van der Waals surface area (Å²) in [6, 6.07) is -0.477. The largest absolute Gasteiger partial charge is 0.394 e. The highest BCUT2D eigenvalue weighted by Crippen LogP contribution is 1.90. The lowest BCUT2D eigenvalue weighted by Crippen LogP contribution is -2.40. The number of carbonyl (C=O) groups excluding carboxylic acids is 1. The summed E-state index contributed by atoms with van der Waals surface area (Å²) in [6.07, 6.45) is 0. The van der Waals surface area contributed by atoms with Gasteiger partial charge < -0.3 is 30.0 Å². The van der Waals surface area contributed by atoms with Crippen molar-refractivity contribution in [1.82, 2.24) is 4.90 Å². The van der Waals surface area contributed by atoms with E-state index in [0.717, 1.165) is 0 Å². The van der Waals surface area contributed by atoms with Crippen LogP contribution in [0.2, 0.25) is 0 Å². The monoisotopic (exact) mass is 264 g/mol. The number of amides is 2. The van der Waals surface area contributed by atoms with Crippen molar-refractivity contribution in [3.63, 3.8) is 0 Å². The van der Waals surface area contributed by atoms with Crippen molar-refractivity contribution in [3.05, 3.63) is 0 Å². The average molecular weight is 264 g/mol. The maximum Gasteiger partial charge on any atom is 0.314 e. The molecule has 0 atom stereocenters. The van der Waals surface area contributed by atoms with Gasteiger partial charge in [0.1, 0.15) is 0 Å². The quantitative estimate of drug-likeness (QED) is 0.460. The van der Waals surface area contributed by atoms with Crippen molar-refractivity contribution >= 4 is 6.03 Å². The van der Waals surface area contributed by atoms with Crippen LogP contribution in [-0.4, -0.2) is 75.4 Å². The normalized spacial score (nSPS) is 10.6. The van der Waals surface area contributed by atoms with Crippen LogP contribution in [0.1, 0.15) is 6.92 Å². The maximum atomic E-state index is 11.1. The third-order valence-corrected chi connectivity index (χ3v) is 2.13. The fourth-order valence-corrected chi connectivity index (χ4v) is 1.21. The molecule has 0 saturated heterocycles. The van der Waals surface area contributed by atoms with Gasteiger partial charge in [0.15, 0.2) is 0 Å². The molecule has 0 aliphatic heterocycles. The molecule has 0 aliphatic rings. The molecule has 0 spiro atoms. The predicted octanol–water partition coefficient (Wildman–Crippen LogP) is -0.571. The van der Waals surface area contributed by atoms with Gasteiger partial charge in [0.2, 0.25) is 0 Å². The Bertz CT molecular complexity index is 204. The van der Waals surface area contributed by atoms with E-state index < -0.39 is 6.03 Å². The first-order valence-corrected chi connectivity index (χ1v) is 6.10. The molecule has 0 bridgehead atoms. The van der Waals surface area contributed by atoms with Gasteiger partial charge in [0.05, 0.1) is 39.6 Å². The van der Waals surface area contributed by atoms with Crippen molar-refractivity contribution in [1.29, 1.82) is 0 Å². The minimum absolute atomic E-state index is 0.00683. The van der Waals surface area contributed by atoms with Crippen LogP contribution >= 0.6 is 0 Å². The SMILES string of the molecule is CCOCCN(CCOCCOCCO)C(N)=O. The molecule has 0 radical (unpaired) electrons. The molecule has 7 nitrogen and oxygen atoms in total. The fraction of sp³-hybridized carbons (Fsp3) is 0.909. The van der Waals surface area contributed by atoms with E-state index in [2.05, 4.69) is 0 Å². The molecule has 108 valence electrons. The fourth-order valence-electron chi connectivity index (χ4n) is 1.21. The topological polar surface area (TPSA) is 94.2 Å². The molecular weight excluding hydrogens is 240 g/mol. The first-order chi connectivity index (χ1) is 8.72. The Labute approximate surface area is 108 Å². The van der Waals surface area contributed by atoms with Gasteiger partial charge in [-0.2, -0.15) is 0 Å². The molecule has 2 amide bonds. The summed E-state index contributed by atoms with van der Waals surface area (Å²) < 4.78 is 15.4. The molecule has 0 rings (SSSR count). The number of nitrogens with two attached hydrogens (primary N) is 1. The molecule has 7 heteroatoms. The highest BCUT2D eigenvalue weighted by atomic mass is 16.5. The number of ether oxygens (including phenoxy) is 3. The highest BCUT2D eigenvalue weighted by molar-refractivity contribution is 5.71. The lowest BCUT2D eigenvalue weighted by atomic mass is 10.5. The lowest BCUT2D eigenvalue weighted by molar-refractivity contribution is 0.0272. The number of hydrogen-bond acceptors (Lipinski definition) is 5. The van der Waals surface area contributed by atoms with Crippen LogP contribution in [0.3, 0.4) is 0 Å². The number of rotatable bonds is 12. The van der Waals surface area contributed by atoms with Gasteiger partial charge in [-0.3, -0.25) is 0 Å². The second kappa shape index (κ2) is 12.6. The van der Waals surface area contributed by atoms with E-state index in [1.807, 2.05) is 6.92 Å². The van der Waals surface area contributed by atoms with Gasteiger partial charge in [0.25, 0.3) is 0 Å². The second-order valence-corrected chi connectivity index (χ2v) is 3.47. The number of primary amides is 1. The molecule has 0 heterocycles. The smallest absolute Gasteiger partial charge is 0.314 e. The van der Waals surface area contributed by atoms with Crippen LogP contribution in [0.5, 0.6) is 0 Å². The zero-order valence-electron chi connectivity index (χ0n) is 11.0. The van der Waals surface area contributed by atoms with Crippen LogP contribution in [0.25, 0.3) is 0 Å². The standard InChI is InChI=1S/C11H24N2O5/c1-2-16-6-3-13(11(12)15)4-7-17-9-10-18-8-5-14/h14H,2-10H2,1H3,(H2,12,15). The summed E-state index contributed by atoms with van der Waals surface area (Å²) in [5.74, 6) is 0. The molecule has 0 fully saturated rings. The van der Waals surface area contributed by atoms with Crippen molar-refractivity contribution in [2.45, 2.75) is 6.92 Å². The van der Waals surface area contributed by atoms with Crippen LogP contribution in [0.15, 0.2) is 0 Å². The maximum absolute atomic E-state index is 11.1. The number of nitrogens with zero attached hydrogens (tertiary/aromatic N) is 1. The average Bonchev–Trinajstić information content (AvgIpc) is 2.35. The Morgan fingerprint density at radius 3 is 2.11 bits per heavy atom. The first-order valence-electron chi connectivity index (χ1n) is 6.10. The third kappa shape index (κ3) is 10.3. The summed E-state index contributed by atoms with van der Waals surface area (Å²) in [5, 5.41) is 8.47. The Kier molecular flexibility index (Phi) is 11.9. The van der Waals surface area contributed by atoms with E-state index >= 15 is 0 Å². The zero-order valence-corrected chi connectivity index (χ0v) is 11.0. The summed E-state index contributed by atoms with van der Waals surface area (Å²) in [4.78, 5) is 12.6. The molecule has 0 aromatic rings. The Morgan fingerprint density at radius 2 is 1.61 bits per heavy atom. The van der Waals surface area contributed by atoms with Crippen LogP contribution in [0.4, 0.5) is 4.79 Å². The molecule has 0 aromatic carbocycles. The van der Waals surface area contributed by atoms with Gasteiger partial charge in [-0.1, -0.05) is 0 Å². The van der Waals surface area contributed by atoms with E-state index in [9.17, 15) is 4.79 Å². The highest BCUT2D eigenvalue weighted by Gasteiger charge is 2.08. The number of aliphatic hydroxyl groups excluding tert-OH is 1. The molecule has 0 saturated carbocycles. The first kappa shape index (κ1) is 17.1. The Morgan fingerprint density at radius 1 is 1.06 bits per heavy atom. The van der Waals surface area contributed by atoms with Crippen LogP contribution in [0, 0.1) is 0 Å². The Hall–Kier alpha value is -0.890. The molecule has 0 unspecified atom stereocenters. The molecule has 0 aliphatic carbocycles. The van der Waals surface area contributed by atoms with Gasteiger partial charge in [-0.25, -0.2) is 4.79 Å². The molecule has 0 aromatic heterocycles. The lowest BCUT2D eigenvalue weighted by Gasteiger charge is -2.20. The molecule has 18 heavy (non-hydrogen) atoms. The van der Waals surface area contributed by atoms with E-state index in [1.54, 1.807) is 0 Å². The predicted molar refractivity (Wildman–Crippen MR) is 66.4 cm³/mol. The number of urea groups is 1. The number of aliphatic hydroxyl groups is 1. The van der Waals surface area contributed by atoms with Crippen molar-refractivity contribution in [2.75, 3.05) is 59.3 Å². The number of carbonyl (C=O) groups is 1. The number of hydrogen-bond donors (Lipinski definition) is 2. The van der Waals surface area contributed by atoms with Crippen LogP contribution < -0.4 is 5.73 Å². The van der Waals surface area contributed by atoms with Crippen molar-refractivity contribution < 1.29 is 24.1 Å². The van der Waals surface area contributed by atoms with E-state index in [0.29, 0.717) is 52.7 Å². The van der Waals surface area contributed by atoms with Crippen LogP contribution in [-0.2, 0) is 14.2 Å². The minimum Gasteiger partial charge on any atom is -0.394 e. The van der Waals surface area contributed by atoms with Gasteiger partial charge in [0, 0.05) is 19.7 Å². The second-order valence-electron chi connectivity index (χ2n) is 3.47. The zero-order chi connectivity index (χ0) is 13.6. The van der Waals surface area contributed by atoms with E-state index in [4.69, 9.17) is 25.1 Å². The van der Waals surface area contributed by atoms with Gasteiger partial charge >= 0.3 is 6.03 Å².